The molecule has 7 nitrogen and oxygen atoms in total. The SMILES string of the molecule is CCOCCOCCOCCOC(=O)C1CCCCC1C(=O)OC. The van der Waals surface area contributed by atoms with Crippen LogP contribution >= 0.6 is 0 Å². The summed E-state index contributed by atoms with van der Waals surface area (Å²) in [5.41, 5.74) is 0. The van der Waals surface area contributed by atoms with Gasteiger partial charge in [0.2, 0.25) is 0 Å². The zero-order valence-electron chi connectivity index (χ0n) is 14.8. The molecule has 0 radical (unpaired) electrons. The molecule has 0 aliphatic heterocycles. The number of hydrogen-bond acceptors (Lipinski definition) is 7. The van der Waals surface area contributed by atoms with E-state index in [9.17, 15) is 9.59 Å². The molecule has 1 rings (SSSR count). The molecule has 0 saturated heterocycles. The van der Waals surface area contributed by atoms with Crippen molar-refractivity contribution in [2.24, 2.45) is 11.8 Å². The number of hydrogen-bond donors (Lipinski definition) is 0. The number of carbonyl (C=O) groups excluding carboxylic acids is 2. The molecule has 0 amide bonds. The van der Waals surface area contributed by atoms with E-state index in [1.54, 1.807) is 0 Å². The van der Waals surface area contributed by atoms with Crippen LogP contribution in [0.15, 0.2) is 0 Å². The third kappa shape index (κ3) is 8.08. The van der Waals surface area contributed by atoms with E-state index >= 15 is 0 Å². The van der Waals surface area contributed by atoms with E-state index in [2.05, 4.69) is 0 Å². The summed E-state index contributed by atoms with van der Waals surface area (Å²) in [7, 11) is 1.35. The van der Waals surface area contributed by atoms with Crippen LogP contribution in [-0.4, -0.2) is 65.3 Å². The number of esters is 2. The van der Waals surface area contributed by atoms with Crippen LogP contribution in [-0.2, 0) is 33.3 Å². The van der Waals surface area contributed by atoms with Crippen LogP contribution in [0, 0.1) is 11.8 Å². The second kappa shape index (κ2) is 13.1. The molecule has 0 spiro atoms. The summed E-state index contributed by atoms with van der Waals surface area (Å²) in [6.45, 7) is 5.16. The summed E-state index contributed by atoms with van der Waals surface area (Å²) in [5.74, 6) is -1.43. The molecular formula is C17H30O7. The van der Waals surface area contributed by atoms with Gasteiger partial charge in [0.15, 0.2) is 0 Å². The highest BCUT2D eigenvalue weighted by molar-refractivity contribution is 5.82. The second-order valence-corrected chi connectivity index (χ2v) is 5.61. The molecule has 0 heterocycles. The van der Waals surface area contributed by atoms with E-state index in [1.807, 2.05) is 6.92 Å². The minimum absolute atomic E-state index is 0.183. The molecular weight excluding hydrogens is 316 g/mol. The lowest BCUT2D eigenvalue weighted by atomic mass is 9.79. The molecule has 1 aliphatic rings. The van der Waals surface area contributed by atoms with E-state index in [0.717, 1.165) is 12.8 Å². The first-order valence-corrected chi connectivity index (χ1v) is 8.68. The Hall–Kier alpha value is -1.18. The Labute approximate surface area is 143 Å². The van der Waals surface area contributed by atoms with Gasteiger partial charge in [-0.05, 0) is 19.8 Å². The molecule has 1 saturated carbocycles. The molecule has 0 aromatic carbocycles. The summed E-state index contributed by atoms with van der Waals surface area (Å²) < 4.78 is 25.8. The monoisotopic (exact) mass is 346 g/mol. The van der Waals surface area contributed by atoms with Gasteiger partial charge in [-0.1, -0.05) is 12.8 Å². The van der Waals surface area contributed by atoms with Crippen LogP contribution in [0.1, 0.15) is 32.6 Å². The Balaban J connectivity index is 2.09. The molecule has 0 bridgehead atoms. The topological polar surface area (TPSA) is 80.3 Å². The third-order valence-corrected chi connectivity index (χ3v) is 3.99. The van der Waals surface area contributed by atoms with Crippen molar-refractivity contribution in [1.29, 1.82) is 0 Å². The molecule has 0 N–H and O–H groups in total. The molecule has 0 aromatic rings. The Kier molecular flexibility index (Phi) is 11.4. The molecule has 24 heavy (non-hydrogen) atoms. The third-order valence-electron chi connectivity index (χ3n) is 3.99. The van der Waals surface area contributed by atoms with Crippen molar-refractivity contribution in [3.8, 4) is 0 Å². The van der Waals surface area contributed by atoms with Crippen molar-refractivity contribution in [2.45, 2.75) is 32.6 Å². The van der Waals surface area contributed by atoms with Crippen molar-refractivity contribution >= 4 is 11.9 Å². The van der Waals surface area contributed by atoms with E-state index in [4.69, 9.17) is 23.7 Å². The van der Waals surface area contributed by atoms with Gasteiger partial charge in [0.1, 0.15) is 6.61 Å². The summed E-state index contributed by atoms with van der Waals surface area (Å²) in [6, 6.07) is 0. The van der Waals surface area contributed by atoms with Crippen molar-refractivity contribution in [3.05, 3.63) is 0 Å². The van der Waals surface area contributed by atoms with Crippen LogP contribution in [0.25, 0.3) is 0 Å². The van der Waals surface area contributed by atoms with E-state index in [0.29, 0.717) is 52.5 Å². The molecule has 2 atom stereocenters. The highest BCUT2D eigenvalue weighted by atomic mass is 16.6. The fourth-order valence-electron chi connectivity index (χ4n) is 2.74. The minimum Gasteiger partial charge on any atom is -0.469 e. The van der Waals surface area contributed by atoms with E-state index in [1.165, 1.54) is 7.11 Å². The van der Waals surface area contributed by atoms with Gasteiger partial charge < -0.3 is 23.7 Å². The molecule has 0 aromatic heterocycles. The molecule has 7 heteroatoms. The predicted molar refractivity (Wildman–Crippen MR) is 86.6 cm³/mol. The number of methoxy groups -OCH3 is 1. The van der Waals surface area contributed by atoms with Crippen LogP contribution in [0.4, 0.5) is 0 Å². The first-order valence-electron chi connectivity index (χ1n) is 8.68. The van der Waals surface area contributed by atoms with Crippen molar-refractivity contribution in [1.82, 2.24) is 0 Å². The fraction of sp³-hybridized carbons (Fsp3) is 0.882. The highest BCUT2D eigenvalue weighted by Crippen LogP contribution is 2.31. The van der Waals surface area contributed by atoms with Gasteiger partial charge in [0, 0.05) is 6.61 Å². The lowest BCUT2D eigenvalue weighted by Crippen LogP contribution is -2.35. The Morgan fingerprint density at radius 2 is 1.29 bits per heavy atom. The lowest BCUT2D eigenvalue weighted by molar-refractivity contribution is -0.162. The highest BCUT2D eigenvalue weighted by Gasteiger charge is 2.37. The first-order chi connectivity index (χ1) is 11.7. The summed E-state index contributed by atoms with van der Waals surface area (Å²) in [6.07, 6.45) is 3.23. The van der Waals surface area contributed by atoms with Gasteiger partial charge in [-0.3, -0.25) is 9.59 Å². The zero-order valence-corrected chi connectivity index (χ0v) is 14.8. The summed E-state index contributed by atoms with van der Waals surface area (Å²) in [5, 5.41) is 0. The molecule has 140 valence electrons. The number of ether oxygens (including phenoxy) is 5. The van der Waals surface area contributed by atoms with Crippen LogP contribution < -0.4 is 0 Å². The number of rotatable bonds is 12. The zero-order chi connectivity index (χ0) is 17.6. The summed E-state index contributed by atoms with van der Waals surface area (Å²) >= 11 is 0. The first kappa shape index (κ1) is 20.9. The van der Waals surface area contributed by atoms with Gasteiger partial charge in [-0.2, -0.15) is 0 Å². The largest absolute Gasteiger partial charge is 0.469 e. The molecule has 1 aliphatic carbocycles. The standard InChI is InChI=1S/C17H30O7/c1-3-21-8-9-22-10-11-23-12-13-24-17(19)15-7-5-4-6-14(15)16(18)20-2/h14-15H,3-13H2,1-2H3. The van der Waals surface area contributed by atoms with Gasteiger partial charge in [-0.25, -0.2) is 0 Å². The van der Waals surface area contributed by atoms with Gasteiger partial charge in [-0.15, -0.1) is 0 Å². The van der Waals surface area contributed by atoms with Crippen LogP contribution in [0.2, 0.25) is 0 Å². The Bertz CT molecular complexity index is 359. The average molecular weight is 346 g/mol. The minimum atomic E-state index is -0.395. The maximum Gasteiger partial charge on any atom is 0.309 e. The Morgan fingerprint density at radius 1 is 0.792 bits per heavy atom. The lowest BCUT2D eigenvalue weighted by Gasteiger charge is -2.27. The maximum absolute atomic E-state index is 12.1. The smallest absolute Gasteiger partial charge is 0.309 e. The van der Waals surface area contributed by atoms with Crippen molar-refractivity contribution in [2.75, 3.05) is 53.4 Å². The second-order valence-electron chi connectivity index (χ2n) is 5.61. The average Bonchev–Trinajstić information content (AvgIpc) is 2.62. The molecule has 2 unspecified atom stereocenters. The predicted octanol–water partition coefficient (Wildman–Crippen LogP) is 1.58. The van der Waals surface area contributed by atoms with E-state index in [-0.39, 0.29) is 24.5 Å². The normalized spacial score (nSPS) is 20.6. The number of carbonyl (C=O) groups is 2. The van der Waals surface area contributed by atoms with Crippen LogP contribution in [0.3, 0.4) is 0 Å². The van der Waals surface area contributed by atoms with Gasteiger partial charge in [0.05, 0.1) is 52.0 Å². The Morgan fingerprint density at radius 3 is 1.83 bits per heavy atom. The van der Waals surface area contributed by atoms with Gasteiger partial charge in [0.25, 0.3) is 0 Å². The molecule has 1 fully saturated rings. The maximum atomic E-state index is 12.1. The summed E-state index contributed by atoms with van der Waals surface area (Å²) in [4.78, 5) is 23.9. The van der Waals surface area contributed by atoms with Gasteiger partial charge >= 0.3 is 11.9 Å². The van der Waals surface area contributed by atoms with Crippen molar-refractivity contribution in [3.63, 3.8) is 0 Å². The van der Waals surface area contributed by atoms with Crippen LogP contribution in [0.5, 0.6) is 0 Å². The quantitative estimate of drug-likeness (QED) is 0.392. The van der Waals surface area contributed by atoms with E-state index < -0.39 is 5.92 Å². The van der Waals surface area contributed by atoms with Crippen molar-refractivity contribution < 1.29 is 33.3 Å². The fourth-order valence-corrected chi connectivity index (χ4v) is 2.74.